The van der Waals surface area contributed by atoms with Crippen LogP contribution in [0.25, 0.3) is 0 Å². The standard InChI is InChI=1S/C16H30N2O2/c1-5-18(11-12-8-7-9-12)14(19)16(17)10-13(20-6-2)15(16,3)4/h12-13H,5-11,17H2,1-4H3. The predicted octanol–water partition coefficient (Wildman–Crippen LogP) is 2.17. The first-order valence-corrected chi connectivity index (χ1v) is 8.06. The summed E-state index contributed by atoms with van der Waals surface area (Å²) in [4.78, 5) is 14.8. The van der Waals surface area contributed by atoms with Crippen molar-refractivity contribution >= 4 is 5.91 Å². The maximum Gasteiger partial charge on any atom is 0.243 e. The molecule has 0 radical (unpaired) electrons. The summed E-state index contributed by atoms with van der Waals surface area (Å²) in [6.07, 6.45) is 4.57. The molecule has 2 unspecified atom stereocenters. The molecule has 1 amide bonds. The molecule has 0 aliphatic heterocycles. The monoisotopic (exact) mass is 282 g/mol. The fraction of sp³-hybridized carbons (Fsp3) is 0.938. The molecule has 2 atom stereocenters. The molecule has 0 aromatic rings. The molecule has 0 spiro atoms. The fourth-order valence-corrected chi connectivity index (χ4v) is 3.42. The summed E-state index contributed by atoms with van der Waals surface area (Å²) in [7, 11) is 0. The smallest absolute Gasteiger partial charge is 0.243 e. The van der Waals surface area contributed by atoms with Crippen LogP contribution in [0, 0.1) is 11.3 Å². The first-order chi connectivity index (χ1) is 9.36. The Morgan fingerprint density at radius 3 is 2.40 bits per heavy atom. The zero-order chi connectivity index (χ0) is 15.0. The van der Waals surface area contributed by atoms with Crippen molar-refractivity contribution in [2.45, 2.75) is 65.0 Å². The number of likely N-dealkylation sites (N-methyl/N-ethyl adjacent to an activating group) is 1. The number of nitrogens with two attached hydrogens (primary N) is 1. The number of rotatable bonds is 6. The van der Waals surface area contributed by atoms with E-state index in [0.29, 0.717) is 18.9 Å². The third kappa shape index (κ3) is 2.37. The molecule has 2 rings (SSSR count). The van der Waals surface area contributed by atoms with E-state index in [4.69, 9.17) is 10.5 Å². The van der Waals surface area contributed by atoms with Crippen molar-refractivity contribution in [1.82, 2.24) is 4.90 Å². The number of hydrogen-bond acceptors (Lipinski definition) is 3. The topological polar surface area (TPSA) is 55.6 Å². The van der Waals surface area contributed by atoms with Gasteiger partial charge in [-0.15, -0.1) is 0 Å². The van der Waals surface area contributed by atoms with Crippen molar-refractivity contribution in [3.05, 3.63) is 0 Å². The highest BCUT2D eigenvalue weighted by Gasteiger charge is 2.63. The van der Waals surface area contributed by atoms with Gasteiger partial charge in [0.2, 0.25) is 5.91 Å². The molecule has 20 heavy (non-hydrogen) atoms. The molecule has 2 aliphatic carbocycles. The van der Waals surface area contributed by atoms with Crippen molar-refractivity contribution in [3.8, 4) is 0 Å². The molecule has 2 N–H and O–H groups in total. The van der Waals surface area contributed by atoms with Crippen LogP contribution < -0.4 is 5.73 Å². The molecule has 2 saturated carbocycles. The van der Waals surface area contributed by atoms with E-state index in [1.807, 2.05) is 18.7 Å². The Morgan fingerprint density at radius 1 is 1.35 bits per heavy atom. The van der Waals surface area contributed by atoms with Crippen molar-refractivity contribution in [3.63, 3.8) is 0 Å². The van der Waals surface area contributed by atoms with Gasteiger partial charge >= 0.3 is 0 Å². The summed E-state index contributed by atoms with van der Waals surface area (Å²) in [5, 5.41) is 0. The summed E-state index contributed by atoms with van der Waals surface area (Å²) in [5.74, 6) is 0.807. The number of amides is 1. The lowest BCUT2D eigenvalue weighted by atomic mass is 9.54. The molecule has 0 saturated heterocycles. The highest BCUT2D eigenvalue weighted by molar-refractivity contribution is 5.89. The summed E-state index contributed by atoms with van der Waals surface area (Å²) in [5.41, 5.74) is 5.44. The van der Waals surface area contributed by atoms with Crippen LogP contribution in [-0.2, 0) is 9.53 Å². The first kappa shape index (κ1) is 15.8. The van der Waals surface area contributed by atoms with E-state index < -0.39 is 5.54 Å². The van der Waals surface area contributed by atoms with Gasteiger partial charge in [-0.1, -0.05) is 20.3 Å². The first-order valence-electron chi connectivity index (χ1n) is 8.06. The van der Waals surface area contributed by atoms with Gasteiger partial charge in [0.1, 0.15) is 5.54 Å². The highest BCUT2D eigenvalue weighted by Crippen LogP contribution is 2.50. The van der Waals surface area contributed by atoms with Gasteiger partial charge in [0.15, 0.2) is 0 Å². The Kier molecular flexibility index (Phi) is 4.45. The lowest BCUT2D eigenvalue weighted by Crippen LogP contribution is -2.76. The third-order valence-electron chi connectivity index (χ3n) is 5.58. The normalized spacial score (nSPS) is 32.4. The Balaban J connectivity index is 2.03. The Hall–Kier alpha value is -0.610. The SMILES string of the molecule is CCOC1CC(N)(C(=O)N(CC)CC2CCC2)C1(C)C. The third-order valence-corrected chi connectivity index (χ3v) is 5.58. The molecule has 0 heterocycles. The van der Waals surface area contributed by atoms with Gasteiger partial charge in [-0.05, 0) is 32.6 Å². The minimum Gasteiger partial charge on any atom is -0.378 e. The summed E-state index contributed by atoms with van der Waals surface area (Å²) >= 11 is 0. The lowest BCUT2D eigenvalue weighted by Gasteiger charge is -2.58. The number of hydrogen-bond donors (Lipinski definition) is 1. The van der Waals surface area contributed by atoms with E-state index in [0.717, 1.165) is 13.1 Å². The average molecular weight is 282 g/mol. The molecule has 2 aliphatic rings. The average Bonchev–Trinajstić information content (AvgIpc) is 2.36. The molecular weight excluding hydrogens is 252 g/mol. The molecule has 4 heteroatoms. The van der Waals surface area contributed by atoms with Crippen molar-refractivity contribution in [1.29, 1.82) is 0 Å². The highest BCUT2D eigenvalue weighted by atomic mass is 16.5. The minimum atomic E-state index is -0.757. The van der Waals surface area contributed by atoms with Crippen LogP contribution in [-0.4, -0.2) is 42.1 Å². The zero-order valence-corrected chi connectivity index (χ0v) is 13.4. The number of carbonyl (C=O) groups excluding carboxylic acids is 1. The maximum absolute atomic E-state index is 12.9. The molecule has 0 aromatic carbocycles. The van der Waals surface area contributed by atoms with Gasteiger partial charge in [-0.2, -0.15) is 0 Å². The van der Waals surface area contributed by atoms with Crippen molar-refractivity contribution in [2.75, 3.05) is 19.7 Å². The van der Waals surface area contributed by atoms with E-state index in [9.17, 15) is 4.79 Å². The Morgan fingerprint density at radius 2 is 2.00 bits per heavy atom. The number of ether oxygens (including phenoxy) is 1. The van der Waals surface area contributed by atoms with E-state index in [-0.39, 0.29) is 17.4 Å². The van der Waals surface area contributed by atoms with Crippen LogP contribution in [0.2, 0.25) is 0 Å². The van der Waals surface area contributed by atoms with E-state index in [1.165, 1.54) is 19.3 Å². The molecule has 2 fully saturated rings. The van der Waals surface area contributed by atoms with Crippen LogP contribution in [0.4, 0.5) is 0 Å². The second-order valence-corrected chi connectivity index (χ2v) is 6.98. The second-order valence-electron chi connectivity index (χ2n) is 6.98. The predicted molar refractivity (Wildman–Crippen MR) is 80.3 cm³/mol. The van der Waals surface area contributed by atoms with Gasteiger partial charge in [0.05, 0.1) is 6.10 Å². The molecule has 0 bridgehead atoms. The van der Waals surface area contributed by atoms with E-state index >= 15 is 0 Å². The van der Waals surface area contributed by atoms with E-state index in [2.05, 4.69) is 13.8 Å². The molecule has 4 nitrogen and oxygen atoms in total. The number of carbonyl (C=O) groups is 1. The van der Waals surface area contributed by atoms with Crippen LogP contribution in [0.1, 0.15) is 53.4 Å². The van der Waals surface area contributed by atoms with Crippen LogP contribution in [0.15, 0.2) is 0 Å². The zero-order valence-electron chi connectivity index (χ0n) is 13.4. The molecule has 0 aromatic heterocycles. The Labute approximate surface area is 123 Å². The van der Waals surface area contributed by atoms with E-state index in [1.54, 1.807) is 0 Å². The molecular formula is C16H30N2O2. The summed E-state index contributed by atoms with van der Waals surface area (Å²) in [6, 6.07) is 0. The van der Waals surface area contributed by atoms with Gasteiger partial charge in [0.25, 0.3) is 0 Å². The Bertz CT molecular complexity index is 365. The lowest BCUT2D eigenvalue weighted by molar-refractivity contribution is -0.179. The van der Waals surface area contributed by atoms with Gasteiger partial charge < -0.3 is 15.4 Å². The number of nitrogens with zero attached hydrogens (tertiary/aromatic N) is 1. The largest absolute Gasteiger partial charge is 0.378 e. The van der Waals surface area contributed by atoms with Crippen LogP contribution in [0.3, 0.4) is 0 Å². The second kappa shape index (κ2) is 5.64. The molecule has 116 valence electrons. The fourth-order valence-electron chi connectivity index (χ4n) is 3.42. The summed E-state index contributed by atoms with van der Waals surface area (Å²) < 4.78 is 5.71. The quantitative estimate of drug-likeness (QED) is 0.812. The van der Waals surface area contributed by atoms with Crippen LogP contribution in [0.5, 0.6) is 0 Å². The summed E-state index contributed by atoms with van der Waals surface area (Å²) in [6.45, 7) is 10.5. The maximum atomic E-state index is 12.9. The van der Waals surface area contributed by atoms with Gasteiger partial charge in [-0.25, -0.2) is 0 Å². The minimum absolute atomic E-state index is 0.101. The van der Waals surface area contributed by atoms with Crippen molar-refractivity contribution in [2.24, 2.45) is 17.1 Å². The van der Waals surface area contributed by atoms with Crippen LogP contribution >= 0.6 is 0 Å². The van der Waals surface area contributed by atoms with Crippen molar-refractivity contribution < 1.29 is 9.53 Å². The van der Waals surface area contributed by atoms with Gasteiger partial charge in [-0.3, -0.25) is 4.79 Å². The van der Waals surface area contributed by atoms with Gasteiger partial charge in [0, 0.05) is 31.5 Å².